The second kappa shape index (κ2) is 4.87. The maximum atomic E-state index is 12.8. The van der Waals surface area contributed by atoms with Crippen LogP contribution in [0.25, 0.3) is 0 Å². The van der Waals surface area contributed by atoms with E-state index in [9.17, 15) is 9.18 Å². The van der Waals surface area contributed by atoms with Crippen LogP contribution >= 0.6 is 0 Å². The van der Waals surface area contributed by atoms with E-state index < -0.39 is 5.95 Å². The molecule has 0 spiro atoms. The highest BCUT2D eigenvalue weighted by Gasteiger charge is 2.13. The molecule has 15 heavy (non-hydrogen) atoms. The molecule has 0 aromatic carbocycles. The van der Waals surface area contributed by atoms with E-state index in [0.29, 0.717) is 18.0 Å². The van der Waals surface area contributed by atoms with Crippen LogP contribution in [-0.4, -0.2) is 29.4 Å². The molecular weight excluding hydrogens is 195 g/mol. The van der Waals surface area contributed by atoms with Crippen LogP contribution in [-0.2, 0) is 0 Å². The van der Waals surface area contributed by atoms with E-state index in [2.05, 4.69) is 4.98 Å². The molecule has 4 heteroatoms. The van der Waals surface area contributed by atoms with Crippen molar-refractivity contribution in [2.45, 2.75) is 13.8 Å². The largest absolute Gasteiger partial charge is 0.341 e. The zero-order valence-electron chi connectivity index (χ0n) is 9.20. The summed E-state index contributed by atoms with van der Waals surface area (Å²) < 4.78 is 12.8. The number of hydrogen-bond donors (Lipinski definition) is 0. The standard InChI is InChI=1S/C11H15FN2O/c1-8(2)7-14(3)11(15)9-4-5-13-10(12)6-9/h4-6,8H,7H2,1-3H3. The van der Waals surface area contributed by atoms with Gasteiger partial charge >= 0.3 is 0 Å². The van der Waals surface area contributed by atoms with Crippen molar-refractivity contribution in [1.82, 2.24) is 9.88 Å². The van der Waals surface area contributed by atoms with Crippen molar-refractivity contribution in [3.05, 3.63) is 29.8 Å². The van der Waals surface area contributed by atoms with E-state index in [1.54, 1.807) is 11.9 Å². The van der Waals surface area contributed by atoms with Crippen molar-refractivity contribution in [2.75, 3.05) is 13.6 Å². The third kappa shape index (κ3) is 3.31. The molecule has 0 aliphatic rings. The molecule has 0 aliphatic heterocycles. The third-order valence-electron chi connectivity index (χ3n) is 1.96. The maximum absolute atomic E-state index is 12.8. The van der Waals surface area contributed by atoms with Gasteiger partial charge in [0.25, 0.3) is 5.91 Å². The molecule has 1 aromatic rings. The summed E-state index contributed by atoms with van der Waals surface area (Å²) in [5.74, 6) is -0.408. The second-order valence-electron chi connectivity index (χ2n) is 3.95. The van der Waals surface area contributed by atoms with Gasteiger partial charge in [-0.2, -0.15) is 4.39 Å². The SMILES string of the molecule is CC(C)CN(C)C(=O)c1ccnc(F)c1. The van der Waals surface area contributed by atoms with Crippen molar-refractivity contribution in [3.8, 4) is 0 Å². The van der Waals surface area contributed by atoms with Gasteiger partial charge in [0.05, 0.1) is 0 Å². The van der Waals surface area contributed by atoms with E-state index in [4.69, 9.17) is 0 Å². The first-order chi connectivity index (χ1) is 7.00. The highest BCUT2D eigenvalue weighted by atomic mass is 19.1. The normalized spacial score (nSPS) is 10.5. The summed E-state index contributed by atoms with van der Waals surface area (Å²) in [5, 5.41) is 0. The Bertz CT molecular complexity index is 352. The van der Waals surface area contributed by atoms with Gasteiger partial charge in [-0.1, -0.05) is 13.8 Å². The van der Waals surface area contributed by atoms with Gasteiger partial charge in [0.15, 0.2) is 0 Å². The Balaban J connectivity index is 2.76. The van der Waals surface area contributed by atoms with Crippen LogP contribution in [0.2, 0.25) is 0 Å². The predicted octanol–water partition coefficient (Wildman–Crippen LogP) is 1.95. The number of rotatable bonds is 3. The predicted molar refractivity (Wildman–Crippen MR) is 56.0 cm³/mol. The fourth-order valence-corrected chi connectivity index (χ4v) is 1.39. The lowest BCUT2D eigenvalue weighted by molar-refractivity contribution is 0.0778. The summed E-state index contributed by atoms with van der Waals surface area (Å²) >= 11 is 0. The van der Waals surface area contributed by atoms with Crippen molar-refractivity contribution in [3.63, 3.8) is 0 Å². The molecule has 82 valence electrons. The van der Waals surface area contributed by atoms with Gasteiger partial charge in [-0.05, 0) is 12.0 Å². The molecule has 0 atom stereocenters. The van der Waals surface area contributed by atoms with Crippen molar-refractivity contribution >= 4 is 5.91 Å². The zero-order chi connectivity index (χ0) is 11.4. The van der Waals surface area contributed by atoms with Crippen LogP contribution in [0.5, 0.6) is 0 Å². The van der Waals surface area contributed by atoms with Gasteiger partial charge in [0.2, 0.25) is 5.95 Å². The van der Waals surface area contributed by atoms with Gasteiger partial charge in [0, 0.05) is 31.4 Å². The Kier molecular flexibility index (Phi) is 3.77. The Labute approximate surface area is 88.9 Å². The minimum absolute atomic E-state index is 0.176. The first kappa shape index (κ1) is 11.6. The minimum atomic E-state index is -0.626. The van der Waals surface area contributed by atoms with E-state index in [0.717, 1.165) is 6.07 Å². The Morgan fingerprint density at radius 2 is 2.27 bits per heavy atom. The molecule has 0 bridgehead atoms. The Morgan fingerprint density at radius 3 is 2.80 bits per heavy atom. The molecule has 0 unspecified atom stereocenters. The molecule has 0 saturated carbocycles. The number of carbonyl (C=O) groups excluding carboxylic acids is 1. The smallest absolute Gasteiger partial charge is 0.253 e. The van der Waals surface area contributed by atoms with E-state index >= 15 is 0 Å². The lowest BCUT2D eigenvalue weighted by Crippen LogP contribution is -2.30. The van der Waals surface area contributed by atoms with Crippen LogP contribution in [0.3, 0.4) is 0 Å². The third-order valence-corrected chi connectivity index (χ3v) is 1.96. The molecule has 0 saturated heterocycles. The summed E-state index contributed by atoms with van der Waals surface area (Å²) in [5.41, 5.74) is 0.339. The number of carbonyl (C=O) groups is 1. The topological polar surface area (TPSA) is 33.2 Å². The summed E-state index contributed by atoms with van der Waals surface area (Å²) in [7, 11) is 1.71. The van der Waals surface area contributed by atoms with E-state index in [-0.39, 0.29) is 5.91 Å². The minimum Gasteiger partial charge on any atom is -0.341 e. The molecule has 0 aliphatic carbocycles. The summed E-state index contributed by atoms with van der Waals surface area (Å²) in [6, 6.07) is 2.67. The summed E-state index contributed by atoms with van der Waals surface area (Å²) in [4.78, 5) is 16.8. The molecule has 1 rings (SSSR count). The highest BCUT2D eigenvalue weighted by molar-refractivity contribution is 5.93. The van der Waals surface area contributed by atoms with Crippen LogP contribution in [0.1, 0.15) is 24.2 Å². The second-order valence-corrected chi connectivity index (χ2v) is 3.95. The molecule has 1 amide bonds. The number of amides is 1. The molecule has 1 heterocycles. The van der Waals surface area contributed by atoms with Gasteiger partial charge in [-0.15, -0.1) is 0 Å². The molecule has 3 nitrogen and oxygen atoms in total. The number of aromatic nitrogens is 1. The average molecular weight is 210 g/mol. The number of nitrogens with zero attached hydrogens (tertiary/aromatic N) is 2. The van der Waals surface area contributed by atoms with Gasteiger partial charge < -0.3 is 4.90 Å². The molecule has 0 radical (unpaired) electrons. The average Bonchev–Trinajstić information content (AvgIpc) is 2.15. The molecule has 0 N–H and O–H groups in total. The molecule has 1 aromatic heterocycles. The molecule has 0 fully saturated rings. The molecular formula is C11H15FN2O. The van der Waals surface area contributed by atoms with Crippen molar-refractivity contribution in [1.29, 1.82) is 0 Å². The van der Waals surface area contributed by atoms with Crippen molar-refractivity contribution < 1.29 is 9.18 Å². The van der Waals surface area contributed by atoms with Gasteiger partial charge in [-0.3, -0.25) is 4.79 Å². The van der Waals surface area contributed by atoms with Crippen LogP contribution in [0.4, 0.5) is 4.39 Å². The number of halogens is 1. The lowest BCUT2D eigenvalue weighted by atomic mass is 10.2. The maximum Gasteiger partial charge on any atom is 0.253 e. The zero-order valence-corrected chi connectivity index (χ0v) is 9.20. The number of hydrogen-bond acceptors (Lipinski definition) is 2. The van der Waals surface area contributed by atoms with Crippen LogP contribution < -0.4 is 0 Å². The van der Waals surface area contributed by atoms with Crippen LogP contribution in [0.15, 0.2) is 18.3 Å². The van der Waals surface area contributed by atoms with E-state index in [1.165, 1.54) is 12.3 Å². The monoisotopic (exact) mass is 210 g/mol. The van der Waals surface area contributed by atoms with Crippen molar-refractivity contribution in [2.24, 2.45) is 5.92 Å². The van der Waals surface area contributed by atoms with E-state index in [1.807, 2.05) is 13.8 Å². The van der Waals surface area contributed by atoms with Gasteiger partial charge in [-0.25, -0.2) is 4.98 Å². The Hall–Kier alpha value is -1.45. The summed E-state index contributed by atoms with van der Waals surface area (Å²) in [6.07, 6.45) is 1.30. The Morgan fingerprint density at radius 1 is 1.60 bits per heavy atom. The number of pyridine rings is 1. The van der Waals surface area contributed by atoms with Crippen LogP contribution in [0, 0.1) is 11.9 Å². The fraction of sp³-hybridized carbons (Fsp3) is 0.455. The summed E-state index contributed by atoms with van der Waals surface area (Å²) in [6.45, 7) is 4.70. The lowest BCUT2D eigenvalue weighted by Gasteiger charge is -2.19. The first-order valence-electron chi connectivity index (χ1n) is 4.87. The first-order valence-corrected chi connectivity index (χ1v) is 4.87. The quantitative estimate of drug-likeness (QED) is 0.714. The van der Waals surface area contributed by atoms with Gasteiger partial charge in [0.1, 0.15) is 0 Å². The fourth-order valence-electron chi connectivity index (χ4n) is 1.39. The highest BCUT2D eigenvalue weighted by Crippen LogP contribution is 2.06.